The van der Waals surface area contributed by atoms with Gasteiger partial charge in [-0.1, -0.05) is 0 Å². The molecule has 7 N–H and O–H groups in total. The molecule has 12 nitrogen and oxygen atoms in total. The molecule has 0 amide bonds. The van der Waals surface area contributed by atoms with Crippen LogP contribution in [0.1, 0.15) is 20.7 Å². The highest BCUT2D eigenvalue weighted by molar-refractivity contribution is 5.90. The molecule has 1 aliphatic rings. The van der Waals surface area contributed by atoms with Crippen molar-refractivity contribution in [3.63, 3.8) is 0 Å². The molecule has 1 fully saturated rings. The van der Waals surface area contributed by atoms with Gasteiger partial charge in [0, 0.05) is 0 Å². The van der Waals surface area contributed by atoms with Crippen molar-refractivity contribution in [1.29, 1.82) is 0 Å². The first-order valence-electron chi connectivity index (χ1n) is 9.20. The summed E-state index contributed by atoms with van der Waals surface area (Å²) < 4.78 is 15.2. The second-order valence-electron chi connectivity index (χ2n) is 6.93. The number of phenolic OH excluding ortho intramolecular Hbond substituents is 4. The van der Waals surface area contributed by atoms with Crippen LogP contribution in [0.4, 0.5) is 0 Å². The molecule has 0 spiro atoms. The Morgan fingerprint density at radius 1 is 0.750 bits per heavy atom. The molecule has 0 unspecified atom stereocenters. The van der Waals surface area contributed by atoms with E-state index in [4.69, 9.17) is 14.2 Å². The maximum Gasteiger partial charge on any atom is 0.340 e. The molecule has 3 rings (SSSR count). The zero-order chi connectivity index (χ0) is 23.6. The van der Waals surface area contributed by atoms with Crippen molar-refractivity contribution in [2.45, 2.75) is 30.7 Å². The fourth-order valence-corrected chi connectivity index (χ4v) is 2.87. The zero-order valence-electron chi connectivity index (χ0n) is 16.2. The van der Waals surface area contributed by atoms with Gasteiger partial charge in [-0.15, -0.1) is 0 Å². The molecule has 0 radical (unpaired) electrons. The van der Waals surface area contributed by atoms with Gasteiger partial charge in [0.25, 0.3) is 0 Å². The summed E-state index contributed by atoms with van der Waals surface area (Å²) in [6.07, 6.45) is -8.55. The number of carbonyl (C=O) groups excluding carboxylic acids is 2. The van der Waals surface area contributed by atoms with E-state index in [9.17, 15) is 45.3 Å². The molecule has 2 aromatic carbocycles. The fraction of sp³-hybridized carbons (Fsp3) is 0.300. The molecule has 0 saturated carbocycles. The van der Waals surface area contributed by atoms with Gasteiger partial charge in [-0.3, -0.25) is 0 Å². The standard InChI is InChI=1S/C20H20O12/c21-10-3-1-8(5-12(10)23)18(28)30-7-14-15(25)16(26)17(27)20(31-14)32-19(29)9-2-4-11(22)13(24)6-9/h1-6,14-17,20-27H,7H2/t14-,15+,16-,17+,20-/m0/s1. The lowest BCUT2D eigenvalue weighted by molar-refractivity contribution is -0.285. The minimum Gasteiger partial charge on any atom is -0.504 e. The van der Waals surface area contributed by atoms with E-state index in [1.54, 1.807) is 0 Å². The van der Waals surface area contributed by atoms with E-state index in [-0.39, 0.29) is 11.1 Å². The number of hydrogen-bond acceptors (Lipinski definition) is 12. The molecule has 12 heteroatoms. The van der Waals surface area contributed by atoms with Crippen LogP contribution in [0.15, 0.2) is 36.4 Å². The van der Waals surface area contributed by atoms with Crippen LogP contribution in [0.3, 0.4) is 0 Å². The molecular weight excluding hydrogens is 432 g/mol. The molecule has 1 heterocycles. The molecule has 0 bridgehead atoms. The lowest BCUT2D eigenvalue weighted by Gasteiger charge is -2.39. The van der Waals surface area contributed by atoms with E-state index in [2.05, 4.69) is 0 Å². The minimum atomic E-state index is -1.85. The van der Waals surface area contributed by atoms with Gasteiger partial charge >= 0.3 is 11.9 Å². The number of aromatic hydroxyl groups is 4. The maximum absolute atomic E-state index is 12.2. The Kier molecular flexibility index (Phi) is 6.69. The van der Waals surface area contributed by atoms with Crippen LogP contribution < -0.4 is 0 Å². The quantitative estimate of drug-likeness (QED) is 0.223. The number of carbonyl (C=O) groups is 2. The molecule has 0 aromatic heterocycles. The van der Waals surface area contributed by atoms with Crippen molar-refractivity contribution in [2.24, 2.45) is 0 Å². The summed E-state index contributed by atoms with van der Waals surface area (Å²) in [6, 6.07) is 6.26. The first kappa shape index (κ1) is 23.1. The van der Waals surface area contributed by atoms with Crippen molar-refractivity contribution in [2.75, 3.05) is 6.61 Å². The van der Waals surface area contributed by atoms with Crippen LogP contribution in [-0.2, 0) is 14.2 Å². The minimum absolute atomic E-state index is 0.124. The average molecular weight is 452 g/mol. The first-order valence-corrected chi connectivity index (χ1v) is 9.20. The summed E-state index contributed by atoms with van der Waals surface area (Å²) in [5, 5.41) is 67.8. The molecule has 172 valence electrons. The normalized spacial score (nSPS) is 25.2. The van der Waals surface area contributed by atoms with Crippen LogP contribution >= 0.6 is 0 Å². The molecular formula is C20H20O12. The van der Waals surface area contributed by atoms with Crippen LogP contribution in [0.5, 0.6) is 23.0 Å². The van der Waals surface area contributed by atoms with Gasteiger partial charge in [0.2, 0.25) is 6.29 Å². The third-order valence-electron chi connectivity index (χ3n) is 4.69. The molecule has 1 saturated heterocycles. The van der Waals surface area contributed by atoms with Gasteiger partial charge in [0.1, 0.15) is 31.0 Å². The van der Waals surface area contributed by atoms with Gasteiger partial charge in [-0.05, 0) is 36.4 Å². The Hall–Kier alpha value is -3.58. The monoisotopic (exact) mass is 452 g/mol. The highest BCUT2D eigenvalue weighted by Crippen LogP contribution is 2.28. The highest BCUT2D eigenvalue weighted by Gasteiger charge is 2.46. The second-order valence-corrected chi connectivity index (χ2v) is 6.93. The summed E-state index contributed by atoms with van der Waals surface area (Å²) in [5.41, 5.74) is -0.326. The predicted molar refractivity (Wildman–Crippen MR) is 102 cm³/mol. The zero-order valence-corrected chi connectivity index (χ0v) is 16.2. The highest BCUT2D eigenvalue weighted by atomic mass is 16.7. The van der Waals surface area contributed by atoms with Crippen molar-refractivity contribution in [3.8, 4) is 23.0 Å². The van der Waals surface area contributed by atoms with Crippen molar-refractivity contribution < 1.29 is 59.5 Å². The molecule has 1 aliphatic heterocycles. The second kappa shape index (κ2) is 9.28. The largest absolute Gasteiger partial charge is 0.504 e. The van der Waals surface area contributed by atoms with E-state index in [0.29, 0.717) is 0 Å². The third kappa shape index (κ3) is 4.84. The van der Waals surface area contributed by atoms with Gasteiger partial charge in [0.15, 0.2) is 23.0 Å². The Balaban J connectivity index is 1.66. The SMILES string of the molecule is O=C(OC[C@@H]1O[C@@H](OC(=O)c2ccc(O)c(O)c2)[C@H](O)[C@@H](O)[C@@H]1O)c1ccc(O)c(O)c1. The summed E-state index contributed by atoms with van der Waals surface area (Å²) in [4.78, 5) is 24.4. The summed E-state index contributed by atoms with van der Waals surface area (Å²) in [7, 11) is 0. The number of aliphatic hydroxyl groups excluding tert-OH is 3. The van der Waals surface area contributed by atoms with Crippen molar-refractivity contribution in [1.82, 2.24) is 0 Å². The maximum atomic E-state index is 12.2. The molecule has 2 aromatic rings. The van der Waals surface area contributed by atoms with Crippen molar-refractivity contribution >= 4 is 11.9 Å². The van der Waals surface area contributed by atoms with Crippen LogP contribution in [0.2, 0.25) is 0 Å². The van der Waals surface area contributed by atoms with E-state index >= 15 is 0 Å². The Bertz CT molecular complexity index is 1000. The van der Waals surface area contributed by atoms with E-state index in [1.165, 1.54) is 6.07 Å². The number of rotatable bonds is 5. The van der Waals surface area contributed by atoms with Gasteiger partial charge in [-0.25, -0.2) is 9.59 Å². The number of hydrogen-bond donors (Lipinski definition) is 7. The fourth-order valence-electron chi connectivity index (χ4n) is 2.87. The molecule has 5 atom stereocenters. The van der Waals surface area contributed by atoms with Crippen LogP contribution in [-0.4, -0.2) is 85.0 Å². The Morgan fingerprint density at radius 2 is 1.28 bits per heavy atom. The Morgan fingerprint density at radius 3 is 1.81 bits per heavy atom. The number of aliphatic hydroxyl groups is 3. The number of ether oxygens (including phenoxy) is 3. The van der Waals surface area contributed by atoms with Gasteiger partial charge in [0.05, 0.1) is 11.1 Å². The lowest BCUT2D eigenvalue weighted by Crippen LogP contribution is -2.59. The number of benzene rings is 2. The van der Waals surface area contributed by atoms with Gasteiger partial charge in [-0.2, -0.15) is 0 Å². The van der Waals surface area contributed by atoms with Crippen LogP contribution in [0.25, 0.3) is 0 Å². The summed E-state index contributed by atoms with van der Waals surface area (Å²) in [5.74, 6) is -4.11. The summed E-state index contributed by atoms with van der Waals surface area (Å²) >= 11 is 0. The third-order valence-corrected chi connectivity index (χ3v) is 4.69. The smallest absolute Gasteiger partial charge is 0.340 e. The van der Waals surface area contributed by atoms with E-state index < -0.39 is 72.2 Å². The molecule has 0 aliphatic carbocycles. The average Bonchev–Trinajstić information content (AvgIpc) is 2.76. The van der Waals surface area contributed by atoms with E-state index in [0.717, 1.165) is 30.3 Å². The Labute approximate surface area is 180 Å². The molecule has 32 heavy (non-hydrogen) atoms. The number of phenols is 4. The lowest BCUT2D eigenvalue weighted by atomic mass is 9.99. The topological polar surface area (TPSA) is 203 Å². The predicted octanol–water partition coefficient (Wildman–Crippen LogP) is -0.670. The number of esters is 2. The van der Waals surface area contributed by atoms with E-state index in [1.807, 2.05) is 0 Å². The van der Waals surface area contributed by atoms with Crippen molar-refractivity contribution in [3.05, 3.63) is 47.5 Å². The van der Waals surface area contributed by atoms with Gasteiger partial charge < -0.3 is 50.0 Å². The first-order chi connectivity index (χ1) is 15.1. The summed E-state index contributed by atoms with van der Waals surface area (Å²) in [6.45, 7) is -0.626. The van der Waals surface area contributed by atoms with Crippen LogP contribution in [0, 0.1) is 0 Å².